The number of fused-ring (bicyclic) bond motifs is 1. The lowest BCUT2D eigenvalue weighted by atomic mass is 9.96. The van der Waals surface area contributed by atoms with Crippen LogP contribution in [-0.2, 0) is 4.79 Å². The highest BCUT2D eigenvalue weighted by molar-refractivity contribution is 7.17. The largest absolute Gasteiger partial charge is 0.370 e. The predicted molar refractivity (Wildman–Crippen MR) is 106 cm³/mol. The number of benzene rings is 1. The number of aromatic nitrogens is 1. The molecule has 0 atom stereocenters. The fourth-order valence-electron chi connectivity index (χ4n) is 3.34. The third kappa shape index (κ3) is 3.48. The summed E-state index contributed by atoms with van der Waals surface area (Å²) in [4.78, 5) is 18.6. The number of rotatable bonds is 3. The van der Waals surface area contributed by atoms with E-state index in [1.165, 1.54) is 10.4 Å². The van der Waals surface area contributed by atoms with E-state index in [-0.39, 0.29) is 24.2 Å². The fourth-order valence-corrected chi connectivity index (χ4v) is 4.21. The third-order valence-corrected chi connectivity index (χ3v) is 5.63. The highest BCUT2D eigenvalue weighted by atomic mass is 35.5. The van der Waals surface area contributed by atoms with Gasteiger partial charge >= 0.3 is 0 Å². The van der Waals surface area contributed by atoms with Crippen LogP contribution in [0.2, 0.25) is 0 Å². The summed E-state index contributed by atoms with van der Waals surface area (Å²) in [5.74, 6) is -0.161. The van der Waals surface area contributed by atoms with E-state index < -0.39 is 0 Å². The molecule has 0 spiro atoms. The Morgan fingerprint density at radius 2 is 1.88 bits per heavy atom. The summed E-state index contributed by atoms with van der Waals surface area (Å²) >= 11 is 1.72. The standard InChI is InChI=1S/C19H19N3OS.ClH/c20-19(23)14-6-9-22(10-7-14)17-12-16(13-4-2-1-3-5-13)21-15-8-11-24-18(15)17;/h1-5,8,11-12,14H,6-7,9-10H2,(H2,20,23);1H. The van der Waals surface area contributed by atoms with Crippen molar-refractivity contribution in [1.82, 2.24) is 4.98 Å². The minimum absolute atomic E-state index is 0. The predicted octanol–water partition coefficient (Wildman–Crippen LogP) is 4.09. The van der Waals surface area contributed by atoms with Crippen LogP contribution in [0.1, 0.15) is 12.8 Å². The smallest absolute Gasteiger partial charge is 0.220 e. The first kappa shape index (κ1) is 17.7. The zero-order valence-corrected chi connectivity index (χ0v) is 15.4. The Morgan fingerprint density at radius 3 is 2.56 bits per heavy atom. The van der Waals surface area contributed by atoms with E-state index in [0.29, 0.717) is 0 Å². The Kier molecular flexibility index (Phi) is 5.25. The molecule has 0 saturated carbocycles. The number of carbonyl (C=O) groups is 1. The topological polar surface area (TPSA) is 59.2 Å². The maximum atomic E-state index is 11.4. The number of primary amides is 1. The number of pyridine rings is 1. The summed E-state index contributed by atoms with van der Waals surface area (Å²) in [5, 5.41) is 2.09. The van der Waals surface area contributed by atoms with Gasteiger partial charge in [0.1, 0.15) is 0 Å². The van der Waals surface area contributed by atoms with Gasteiger partial charge in [0, 0.05) is 24.6 Å². The maximum absolute atomic E-state index is 11.4. The molecule has 0 unspecified atom stereocenters. The molecule has 2 N–H and O–H groups in total. The van der Waals surface area contributed by atoms with Crippen LogP contribution < -0.4 is 10.6 Å². The van der Waals surface area contributed by atoms with E-state index >= 15 is 0 Å². The number of carbonyl (C=O) groups excluding carboxylic acids is 1. The van der Waals surface area contributed by atoms with Crippen molar-refractivity contribution >= 4 is 45.6 Å². The van der Waals surface area contributed by atoms with E-state index in [1.807, 2.05) is 18.2 Å². The molecule has 1 fully saturated rings. The van der Waals surface area contributed by atoms with Gasteiger partial charge in [0.15, 0.2) is 0 Å². The molecule has 25 heavy (non-hydrogen) atoms. The van der Waals surface area contributed by atoms with Gasteiger partial charge in [0.25, 0.3) is 0 Å². The van der Waals surface area contributed by atoms with Crippen LogP contribution in [0.3, 0.4) is 0 Å². The molecule has 1 aromatic carbocycles. The summed E-state index contributed by atoms with van der Waals surface area (Å²) in [5.41, 5.74) is 9.83. The van der Waals surface area contributed by atoms with Crippen LogP contribution in [0, 0.1) is 5.92 Å². The number of piperidine rings is 1. The van der Waals surface area contributed by atoms with Crippen molar-refractivity contribution in [3.05, 3.63) is 47.8 Å². The number of nitrogens with zero attached hydrogens (tertiary/aromatic N) is 2. The van der Waals surface area contributed by atoms with Crippen LogP contribution >= 0.6 is 23.7 Å². The molecule has 0 aliphatic carbocycles. The number of nitrogens with two attached hydrogens (primary N) is 1. The number of thiophene rings is 1. The molecule has 1 amide bonds. The van der Waals surface area contributed by atoms with Crippen LogP contribution in [0.4, 0.5) is 5.69 Å². The molecule has 3 aromatic rings. The van der Waals surface area contributed by atoms with Gasteiger partial charge in [-0.25, -0.2) is 4.98 Å². The number of amides is 1. The molecule has 4 rings (SSSR count). The first-order chi connectivity index (χ1) is 11.7. The lowest BCUT2D eigenvalue weighted by Gasteiger charge is -2.32. The van der Waals surface area contributed by atoms with Crippen molar-refractivity contribution in [2.24, 2.45) is 11.7 Å². The molecule has 2 aromatic heterocycles. The van der Waals surface area contributed by atoms with Crippen LogP contribution in [-0.4, -0.2) is 24.0 Å². The summed E-state index contributed by atoms with van der Waals surface area (Å²) in [6.07, 6.45) is 1.65. The first-order valence-electron chi connectivity index (χ1n) is 8.20. The van der Waals surface area contributed by atoms with Crippen LogP contribution in [0.25, 0.3) is 21.5 Å². The van der Waals surface area contributed by atoms with Crippen molar-refractivity contribution in [2.75, 3.05) is 18.0 Å². The maximum Gasteiger partial charge on any atom is 0.220 e. The third-order valence-electron chi connectivity index (χ3n) is 4.70. The normalized spacial score (nSPS) is 15.1. The van der Waals surface area contributed by atoms with E-state index in [9.17, 15) is 4.79 Å². The Balaban J connectivity index is 0.00000182. The summed E-state index contributed by atoms with van der Waals surface area (Å²) in [7, 11) is 0. The average molecular weight is 374 g/mol. The number of hydrogen-bond acceptors (Lipinski definition) is 4. The van der Waals surface area contributed by atoms with E-state index in [4.69, 9.17) is 10.7 Å². The molecule has 6 heteroatoms. The lowest BCUT2D eigenvalue weighted by Crippen LogP contribution is -2.38. The van der Waals surface area contributed by atoms with Gasteiger partial charge in [-0.1, -0.05) is 30.3 Å². The second-order valence-corrected chi connectivity index (χ2v) is 7.11. The first-order valence-corrected chi connectivity index (χ1v) is 9.08. The van der Waals surface area contributed by atoms with Gasteiger partial charge in [-0.2, -0.15) is 0 Å². The number of anilines is 1. The fraction of sp³-hybridized carbons (Fsp3) is 0.263. The summed E-state index contributed by atoms with van der Waals surface area (Å²) in [6, 6.07) is 14.5. The molecule has 130 valence electrons. The molecule has 1 saturated heterocycles. The van der Waals surface area contributed by atoms with Gasteiger partial charge in [-0.3, -0.25) is 4.79 Å². The lowest BCUT2D eigenvalue weighted by molar-refractivity contribution is -0.122. The van der Waals surface area contributed by atoms with Gasteiger partial charge in [0.05, 0.1) is 21.6 Å². The van der Waals surface area contributed by atoms with Gasteiger partial charge < -0.3 is 10.6 Å². The van der Waals surface area contributed by atoms with Crippen molar-refractivity contribution in [3.63, 3.8) is 0 Å². The molecule has 0 radical (unpaired) electrons. The molecule has 4 nitrogen and oxygen atoms in total. The molecular weight excluding hydrogens is 354 g/mol. The monoisotopic (exact) mass is 373 g/mol. The Bertz CT molecular complexity index is 873. The van der Waals surface area contributed by atoms with Gasteiger partial charge in [0.2, 0.25) is 5.91 Å². The minimum atomic E-state index is -0.171. The van der Waals surface area contributed by atoms with E-state index in [0.717, 1.165) is 42.7 Å². The molecule has 1 aliphatic heterocycles. The summed E-state index contributed by atoms with van der Waals surface area (Å²) in [6.45, 7) is 1.72. The van der Waals surface area contributed by atoms with E-state index in [1.54, 1.807) is 11.3 Å². The minimum Gasteiger partial charge on any atom is -0.370 e. The SMILES string of the molecule is Cl.NC(=O)C1CCN(c2cc(-c3ccccc3)nc3ccsc23)CC1. The van der Waals surface area contributed by atoms with Crippen LogP contribution in [0.15, 0.2) is 47.8 Å². The van der Waals surface area contributed by atoms with Crippen molar-refractivity contribution in [1.29, 1.82) is 0 Å². The second-order valence-electron chi connectivity index (χ2n) is 6.19. The highest BCUT2D eigenvalue weighted by Gasteiger charge is 2.25. The van der Waals surface area contributed by atoms with Gasteiger partial charge in [-0.05, 0) is 30.4 Å². The average Bonchev–Trinajstić information content (AvgIpc) is 3.10. The second kappa shape index (κ2) is 7.42. The Morgan fingerprint density at radius 1 is 1.16 bits per heavy atom. The van der Waals surface area contributed by atoms with Gasteiger partial charge in [-0.15, -0.1) is 23.7 Å². The Hall–Kier alpha value is -2.11. The van der Waals surface area contributed by atoms with Crippen LogP contribution in [0.5, 0.6) is 0 Å². The Labute approximate surface area is 157 Å². The van der Waals surface area contributed by atoms with E-state index in [2.05, 4.69) is 34.5 Å². The zero-order valence-electron chi connectivity index (χ0n) is 13.7. The molecule has 0 bridgehead atoms. The number of halogens is 1. The van der Waals surface area contributed by atoms with Crippen molar-refractivity contribution in [3.8, 4) is 11.3 Å². The molecule has 3 heterocycles. The van der Waals surface area contributed by atoms with Crippen molar-refractivity contribution < 1.29 is 4.79 Å². The zero-order chi connectivity index (χ0) is 16.5. The summed E-state index contributed by atoms with van der Waals surface area (Å²) < 4.78 is 1.22. The highest BCUT2D eigenvalue weighted by Crippen LogP contribution is 2.36. The quantitative estimate of drug-likeness (QED) is 0.752. The van der Waals surface area contributed by atoms with Crippen molar-refractivity contribution in [2.45, 2.75) is 12.8 Å². The molecule has 1 aliphatic rings. The molecular formula is C19H20ClN3OS. The number of hydrogen-bond donors (Lipinski definition) is 1.